The summed E-state index contributed by atoms with van der Waals surface area (Å²) in [6, 6.07) is 8.42. The van der Waals surface area contributed by atoms with E-state index in [2.05, 4.69) is 24.3 Å². The molecule has 1 aliphatic rings. The molecular formula is C14H21NO. The fourth-order valence-electron chi connectivity index (χ4n) is 1.94. The van der Waals surface area contributed by atoms with E-state index in [1.165, 1.54) is 30.4 Å². The van der Waals surface area contributed by atoms with Gasteiger partial charge in [-0.1, -0.05) is 37.1 Å². The van der Waals surface area contributed by atoms with Crippen LogP contribution in [0.4, 0.5) is 0 Å². The lowest BCUT2D eigenvalue weighted by molar-refractivity contribution is 0.114. The van der Waals surface area contributed by atoms with Crippen molar-refractivity contribution in [3.05, 3.63) is 35.4 Å². The molecule has 16 heavy (non-hydrogen) atoms. The number of hydrogen-bond donors (Lipinski definition) is 1. The van der Waals surface area contributed by atoms with Gasteiger partial charge in [-0.15, -0.1) is 0 Å². The summed E-state index contributed by atoms with van der Waals surface area (Å²) in [5, 5.41) is 0. The van der Waals surface area contributed by atoms with Crippen molar-refractivity contribution in [2.45, 2.75) is 32.3 Å². The second-order valence-electron chi connectivity index (χ2n) is 4.59. The highest BCUT2D eigenvalue weighted by atomic mass is 16.5. The lowest BCUT2D eigenvalue weighted by Crippen LogP contribution is -2.06. The molecule has 0 aromatic heterocycles. The van der Waals surface area contributed by atoms with Crippen molar-refractivity contribution in [2.24, 2.45) is 11.7 Å². The molecule has 2 nitrogen and oxygen atoms in total. The first kappa shape index (κ1) is 11.6. The molecule has 0 atom stereocenters. The molecule has 0 bridgehead atoms. The number of nitrogens with two attached hydrogens (primary N) is 1. The molecule has 88 valence electrons. The van der Waals surface area contributed by atoms with E-state index in [-0.39, 0.29) is 0 Å². The quantitative estimate of drug-likeness (QED) is 0.715. The minimum Gasteiger partial charge on any atom is -0.377 e. The molecular weight excluding hydrogens is 198 g/mol. The molecule has 2 rings (SSSR count). The minimum atomic E-state index is 0.707. The normalized spacial score (nSPS) is 15.3. The Morgan fingerprint density at radius 2 is 1.94 bits per heavy atom. The highest BCUT2D eigenvalue weighted by Gasteiger charge is 2.20. The van der Waals surface area contributed by atoms with E-state index in [9.17, 15) is 0 Å². The SMILES string of the molecule is NCCc1ccccc1COCCC1CC1. The van der Waals surface area contributed by atoms with Crippen LogP contribution in [-0.2, 0) is 17.8 Å². The zero-order valence-electron chi connectivity index (χ0n) is 9.82. The Balaban J connectivity index is 1.77. The molecule has 1 aromatic carbocycles. The molecule has 0 spiro atoms. The summed E-state index contributed by atoms with van der Waals surface area (Å²) in [6.07, 6.45) is 5.00. The molecule has 1 aliphatic carbocycles. The Hall–Kier alpha value is -0.860. The lowest BCUT2D eigenvalue weighted by atomic mass is 10.1. The van der Waals surface area contributed by atoms with Gasteiger partial charge in [0.05, 0.1) is 6.61 Å². The van der Waals surface area contributed by atoms with Crippen molar-refractivity contribution >= 4 is 0 Å². The van der Waals surface area contributed by atoms with E-state index < -0.39 is 0 Å². The standard InChI is InChI=1S/C14H21NO/c15-9-7-13-3-1-2-4-14(13)11-16-10-8-12-5-6-12/h1-4,12H,5-11,15H2. The number of rotatable bonds is 7. The highest BCUT2D eigenvalue weighted by Crippen LogP contribution is 2.32. The molecule has 0 amide bonds. The van der Waals surface area contributed by atoms with Gasteiger partial charge in [-0.2, -0.15) is 0 Å². The molecule has 0 heterocycles. The average molecular weight is 219 g/mol. The van der Waals surface area contributed by atoms with Crippen molar-refractivity contribution < 1.29 is 4.74 Å². The number of ether oxygens (including phenoxy) is 1. The van der Waals surface area contributed by atoms with E-state index in [1.807, 2.05) is 0 Å². The van der Waals surface area contributed by atoms with Gasteiger partial charge in [-0.05, 0) is 36.4 Å². The topological polar surface area (TPSA) is 35.2 Å². The van der Waals surface area contributed by atoms with Gasteiger partial charge in [0.15, 0.2) is 0 Å². The second kappa shape index (κ2) is 6.02. The van der Waals surface area contributed by atoms with Gasteiger partial charge in [-0.3, -0.25) is 0 Å². The molecule has 1 saturated carbocycles. The Morgan fingerprint density at radius 3 is 2.62 bits per heavy atom. The lowest BCUT2D eigenvalue weighted by Gasteiger charge is -2.09. The van der Waals surface area contributed by atoms with Gasteiger partial charge in [0.2, 0.25) is 0 Å². The fraction of sp³-hybridized carbons (Fsp3) is 0.571. The molecule has 1 fully saturated rings. The Kier molecular flexibility index (Phi) is 4.37. The minimum absolute atomic E-state index is 0.707. The molecule has 0 saturated heterocycles. The van der Waals surface area contributed by atoms with Crippen molar-refractivity contribution in [2.75, 3.05) is 13.2 Å². The zero-order chi connectivity index (χ0) is 11.2. The fourth-order valence-corrected chi connectivity index (χ4v) is 1.94. The second-order valence-corrected chi connectivity index (χ2v) is 4.59. The van der Waals surface area contributed by atoms with Crippen molar-refractivity contribution in [3.8, 4) is 0 Å². The predicted octanol–water partition coefficient (Wildman–Crippen LogP) is 2.50. The summed E-state index contributed by atoms with van der Waals surface area (Å²) in [4.78, 5) is 0. The van der Waals surface area contributed by atoms with Gasteiger partial charge >= 0.3 is 0 Å². The first-order chi connectivity index (χ1) is 7.90. The third kappa shape index (κ3) is 3.62. The van der Waals surface area contributed by atoms with Crippen molar-refractivity contribution in [3.63, 3.8) is 0 Å². The van der Waals surface area contributed by atoms with Crippen LogP contribution in [0.1, 0.15) is 30.4 Å². The Bertz CT molecular complexity index is 320. The van der Waals surface area contributed by atoms with E-state index in [1.54, 1.807) is 0 Å². The molecule has 0 radical (unpaired) electrons. The van der Waals surface area contributed by atoms with Crippen molar-refractivity contribution in [1.82, 2.24) is 0 Å². The van der Waals surface area contributed by atoms with Gasteiger partial charge in [-0.25, -0.2) is 0 Å². The van der Waals surface area contributed by atoms with Crippen LogP contribution < -0.4 is 5.73 Å². The third-order valence-electron chi connectivity index (χ3n) is 3.16. The number of hydrogen-bond acceptors (Lipinski definition) is 2. The van der Waals surface area contributed by atoms with Gasteiger partial charge in [0, 0.05) is 6.61 Å². The molecule has 0 aliphatic heterocycles. The molecule has 0 unspecified atom stereocenters. The van der Waals surface area contributed by atoms with E-state index in [0.29, 0.717) is 6.54 Å². The van der Waals surface area contributed by atoms with Crippen LogP contribution in [0.2, 0.25) is 0 Å². The zero-order valence-corrected chi connectivity index (χ0v) is 9.82. The summed E-state index contributed by atoms with van der Waals surface area (Å²) < 4.78 is 5.72. The van der Waals surface area contributed by atoms with E-state index >= 15 is 0 Å². The summed E-state index contributed by atoms with van der Waals surface area (Å²) in [5.41, 5.74) is 8.22. The first-order valence-corrected chi connectivity index (χ1v) is 6.24. The maximum atomic E-state index is 5.72. The first-order valence-electron chi connectivity index (χ1n) is 6.24. The van der Waals surface area contributed by atoms with E-state index in [0.717, 1.165) is 25.6 Å². The van der Waals surface area contributed by atoms with Gasteiger partial charge in [0.1, 0.15) is 0 Å². The summed E-state index contributed by atoms with van der Waals surface area (Å²) in [6.45, 7) is 2.35. The van der Waals surface area contributed by atoms with Crippen LogP contribution in [0.25, 0.3) is 0 Å². The van der Waals surface area contributed by atoms with Gasteiger partial charge in [0.25, 0.3) is 0 Å². The third-order valence-corrected chi connectivity index (χ3v) is 3.16. The average Bonchev–Trinajstić information content (AvgIpc) is 3.11. The van der Waals surface area contributed by atoms with Gasteiger partial charge < -0.3 is 10.5 Å². The summed E-state index contributed by atoms with van der Waals surface area (Å²) in [7, 11) is 0. The van der Waals surface area contributed by atoms with Crippen LogP contribution in [0.5, 0.6) is 0 Å². The van der Waals surface area contributed by atoms with Crippen LogP contribution in [0.3, 0.4) is 0 Å². The van der Waals surface area contributed by atoms with Crippen LogP contribution in [0.15, 0.2) is 24.3 Å². The van der Waals surface area contributed by atoms with Crippen LogP contribution >= 0.6 is 0 Å². The monoisotopic (exact) mass is 219 g/mol. The van der Waals surface area contributed by atoms with Crippen LogP contribution in [-0.4, -0.2) is 13.2 Å². The maximum Gasteiger partial charge on any atom is 0.0719 e. The van der Waals surface area contributed by atoms with Crippen LogP contribution in [0, 0.1) is 5.92 Å². The molecule has 1 aromatic rings. The maximum absolute atomic E-state index is 5.72. The Labute approximate surface area is 97.8 Å². The highest BCUT2D eigenvalue weighted by molar-refractivity contribution is 5.26. The Morgan fingerprint density at radius 1 is 1.19 bits per heavy atom. The number of benzene rings is 1. The van der Waals surface area contributed by atoms with E-state index in [4.69, 9.17) is 10.5 Å². The summed E-state index contributed by atoms with van der Waals surface area (Å²) in [5.74, 6) is 0.958. The smallest absolute Gasteiger partial charge is 0.0719 e. The van der Waals surface area contributed by atoms with Crippen molar-refractivity contribution in [1.29, 1.82) is 0 Å². The largest absolute Gasteiger partial charge is 0.377 e. The molecule has 2 N–H and O–H groups in total. The summed E-state index contributed by atoms with van der Waals surface area (Å²) >= 11 is 0. The predicted molar refractivity (Wildman–Crippen MR) is 66.2 cm³/mol. The molecule has 2 heteroatoms.